The number of carbonyl (C=O) groups excluding carboxylic acids is 2. The van der Waals surface area contributed by atoms with Gasteiger partial charge < -0.3 is 16.0 Å². The van der Waals surface area contributed by atoms with Crippen LogP contribution < -0.4 is 16.0 Å². The molecule has 4 aromatic rings. The SMILES string of the molecule is CCNC(=O)c1ccc(-c2ccc3ncc(C(=O)NC)c(Nc4ccccc4)c3c2)cn1. The summed E-state index contributed by atoms with van der Waals surface area (Å²) >= 11 is 0. The predicted molar refractivity (Wildman–Crippen MR) is 126 cm³/mol. The van der Waals surface area contributed by atoms with Gasteiger partial charge in [0.2, 0.25) is 0 Å². The first-order chi connectivity index (χ1) is 15.6. The fraction of sp³-hybridized carbons (Fsp3) is 0.120. The van der Waals surface area contributed by atoms with Crippen molar-refractivity contribution in [3.05, 3.63) is 84.3 Å². The monoisotopic (exact) mass is 425 g/mol. The van der Waals surface area contributed by atoms with Crippen LogP contribution in [-0.4, -0.2) is 35.4 Å². The number of hydrogen-bond donors (Lipinski definition) is 3. The zero-order valence-corrected chi connectivity index (χ0v) is 17.8. The van der Waals surface area contributed by atoms with E-state index in [1.54, 1.807) is 25.5 Å². The molecule has 7 heteroatoms. The maximum Gasteiger partial charge on any atom is 0.269 e. The van der Waals surface area contributed by atoms with E-state index in [0.29, 0.717) is 23.5 Å². The number of amides is 2. The number of para-hydroxylation sites is 1. The molecule has 7 nitrogen and oxygen atoms in total. The van der Waals surface area contributed by atoms with Gasteiger partial charge in [0, 0.05) is 42.6 Å². The highest BCUT2D eigenvalue weighted by atomic mass is 16.2. The van der Waals surface area contributed by atoms with E-state index in [4.69, 9.17) is 0 Å². The molecule has 0 aliphatic carbocycles. The van der Waals surface area contributed by atoms with Gasteiger partial charge in [0.1, 0.15) is 5.69 Å². The molecule has 2 heterocycles. The van der Waals surface area contributed by atoms with Crippen molar-refractivity contribution in [1.29, 1.82) is 0 Å². The Morgan fingerprint density at radius 3 is 2.34 bits per heavy atom. The number of benzene rings is 2. The van der Waals surface area contributed by atoms with Gasteiger partial charge in [0.15, 0.2) is 0 Å². The molecule has 0 aliphatic heterocycles. The average Bonchev–Trinajstić information content (AvgIpc) is 2.84. The normalized spacial score (nSPS) is 10.6. The van der Waals surface area contributed by atoms with Gasteiger partial charge >= 0.3 is 0 Å². The number of fused-ring (bicyclic) bond motifs is 1. The van der Waals surface area contributed by atoms with Crippen LogP contribution in [-0.2, 0) is 0 Å². The topological polar surface area (TPSA) is 96.0 Å². The number of nitrogens with zero attached hydrogens (tertiary/aromatic N) is 2. The fourth-order valence-electron chi connectivity index (χ4n) is 3.43. The first kappa shape index (κ1) is 21.0. The third kappa shape index (κ3) is 4.27. The highest BCUT2D eigenvalue weighted by Crippen LogP contribution is 2.32. The number of aromatic nitrogens is 2. The molecule has 0 radical (unpaired) electrons. The zero-order chi connectivity index (χ0) is 22.5. The summed E-state index contributed by atoms with van der Waals surface area (Å²) in [7, 11) is 1.59. The summed E-state index contributed by atoms with van der Waals surface area (Å²) < 4.78 is 0. The van der Waals surface area contributed by atoms with Crippen LogP contribution >= 0.6 is 0 Å². The Kier molecular flexibility index (Phi) is 6.07. The lowest BCUT2D eigenvalue weighted by Gasteiger charge is -2.15. The molecule has 2 aromatic carbocycles. The van der Waals surface area contributed by atoms with Gasteiger partial charge in [-0.05, 0) is 42.8 Å². The quantitative estimate of drug-likeness (QED) is 0.431. The minimum atomic E-state index is -0.226. The molecule has 0 aliphatic rings. The van der Waals surface area contributed by atoms with E-state index in [9.17, 15) is 9.59 Å². The summed E-state index contributed by atoms with van der Waals surface area (Å²) in [6, 6.07) is 19.1. The summed E-state index contributed by atoms with van der Waals surface area (Å²) in [5.74, 6) is -0.428. The van der Waals surface area contributed by atoms with E-state index in [1.807, 2.05) is 61.5 Å². The van der Waals surface area contributed by atoms with E-state index >= 15 is 0 Å². The third-order valence-electron chi connectivity index (χ3n) is 5.05. The molecule has 0 fully saturated rings. The lowest BCUT2D eigenvalue weighted by atomic mass is 10.0. The predicted octanol–water partition coefficient (Wildman–Crippen LogP) is 4.15. The Balaban J connectivity index is 1.80. The van der Waals surface area contributed by atoms with Crippen LogP contribution in [0.1, 0.15) is 27.8 Å². The molecule has 0 saturated heterocycles. The Bertz CT molecular complexity index is 1270. The zero-order valence-electron chi connectivity index (χ0n) is 17.8. The molecule has 0 bridgehead atoms. The van der Waals surface area contributed by atoms with Crippen molar-refractivity contribution >= 4 is 34.1 Å². The van der Waals surface area contributed by atoms with Crippen molar-refractivity contribution in [2.45, 2.75) is 6.92 Å². The third-order valence-corrected chi connectivity index (χ3v) is 5.05. The molecule has 0 unspecified atom stereocenters. The first-order valence-electron chi connectivity index (χ1n) is 10.3. The molecular formula is C25H23N5O2. The molecule has 160 valence electrons. The smallest absolute Gasteiger partial charge is 0.269 e. The molecule has 0 saturated carbocycles. The Labute approximate surface area is 185 Å². The van der Waals surface area contributed by atoms with Crippen molar-refractivity contribution in [1.82, 2.24) is 20.6 Å². The minimum Gasteiger partial charge on any atom is -0.355 e. The number of rotatable bonds is 6. The number of carbonyl (C=O) groups is 2. The average molecular weight is 425 g/mol. The molecule has 4 rings (SSSR count). The lowest BCUT2D eigenvalue weighted by molar-refractivity contribution is 0.0947. The maximum atomic E-state index is 12.5. The summed E-state index contributed by atoms with van der Waals surface area (Å²) in [6.45, 7) is 2.41. The van der Waals surface area contributed by atoms with E-state index in [-0.39, 0.29) is 11.8 Å². The number of anilines is 2. The second-order valence-electron chi connectivity index (χ2n) is 7.14. The second-order valence-corrected chi connectivity index (χ2v) is 7.14. The van der Waals surface area contributed by atoms with E-state index in [2.05, 4.69) is 25.9 Å². The highest BCUT2D eigenvalue weighted by molar-refractivity contribution is 6.08. The first-order valence-corrected chi connectivity index (χ1v) is 10.3. The lowest BCUT2D eigenvalue weighted by Crippen LogP contribution is -2.23. The van der Waals surface area contributed by atoms with Gasteiger partial charge in [0.25, 0.3) is 11.8 Å². The van der Waals surface area contributed by atoms with Crippen LogP contribution in [0.4, 0.5) is 11.4 Å². The Morgan fingerprint density at radius 1 is 0.875 bits per heavy atom. The molecule has 0 atom stereocenters. The summed E-state index contributed by atoms with van der Waals surface area (Å²) in [4.78, 5) is 33.3. The summed E-state index contributed by atoms with van der Waals surface area (Å²) in [5.41, 5.74) is 4.87. The summed E-state index contributed by atoms with van der Waals surface area (Å²) in [5, 5.41) is 9.61. The van der Waals surface area contributed by atoms with E-state index in [0.717, 1.165) is 27.7 Å². The van der Waals surface area contributed by atoms with Crippen LogP contribution in [0.2, 0.25) is 0 Å². The summed E-state index contributed by atoms with van der Waals surface area (Å²) in [6.07, 6.45) is 3.25. The van der Waals surface area contributed by atoms with Gasteiger partial charge in [-0.15, -0.1) is 0 Å². The number of pyridine rings is 2. The Hall–Kier alpha value is -4.26. The van der Waals surface area contributed by atoms with Gasteiger partial charge in [-0.2, -0.15) is 0 Å². The van der Waals surface area contributed by atoms with Crippen molar-refractivity contribution < 1.29 is 9.59 Å². The molecule has 2 aromatic heterocycles. The van der Waals surface area contributed by atoms with Gasteiger partial charge in [-0.25, -0.2) is 0 Å². The molecule has 3 N–H and O–H groups in total. The van der Waals surface area contributed by atoms with E-state index in [1.165, 1.54) is 0 Å². The van der Waals surface area contributed by atoms with Crippen LogP contribution in [0.5, 0.6) is 0 Å². The van der Waals surface area contributed by atoms with Crippen molar-refractivity contribution in [2.75, 3.05) is 18.9 Å². The molecule has 32 heavy (non-hydrogen) atoms. The number of nitrogens with one attached hydrogen (secondary N) is 3. The van der Waals surface area contributed by atoms with E-state index < -0.39 is 0 Å². The molecule has 2 amide bonds. The Morgan fingerprint density at radius 2 is 1.66 bits per heavy atom. The highest BCUT2D eigenvalue weighted by Gasteiger charge is 2.16. The van der Waals surface area contributed by atoms with Crippen LogP contribution in [0.25, 0.3) is 22.0 Å². The standard InChI is InChI=1S/C25H23N5O2/c1-3-27-25(32)22-12-10-17(14-28-22)16-9-11-21-19(13-16)23(20(15-29-21)24(31)26-2)30-18-7-5-4-6-8-18/h4-15H,3H2,1-2H3,(H,26,31)(H,27,32)(H,29,30). The van der Waals surface area contributed by atoms with Gasteiger partial charge in [-0.3, -0.25) is 19.6 Å². The molecular weight excluding hydrogens is 402 g/mol. The number of hydrogen-bond acceptors (Lipinski definition) is 5. The van der Waals surface area contributed by atoms with Crippen LogP contribution in [0.15, 0.2) is 73.1 Å². The van der Waals surface area contributed by atoms with Crippen molar-refractivity contribution in [3.63, 3.8) is 0 Å². The van der Waals surface area contributed by atoms with Crippen molar-refractivity contribution in [3.8, 4) is 11.1 Å². The molecule has 0 spiro atoms. The van der Waals surface area contributed by atoms with Crippen molar-refractivity contribution in [2.24, 2.45) is 0 Å². The maximum absolute atomic E-state index is 12.5. The van der Waals surface area contributed by atoms with Gasteiger partial charge in [-0.1, -0.05) is 30.3 Å². The van der Waals surface area contributed by atoms with Crippen LogP contribution in [0, 0.1) is 0 Å². The second kappa shape index (κ2) is 9.26. The minimum absolute atomic E-state index is 0.202. The fourth-order valence-corrected chi connectivity index (χ4v) is 3.43. The van der Waals surface area contributed by atoms with Gasteiger partial charge in [0.05, 0.1) is 16.8 Å². The van der Waals surface area contributed by atoms with Crippen LogP contribution in [0.3, 0.4) is 0 Å². The largest absolute Gasteiger partial charge is 0.355 e.